The van der Waals surface area contributed by atoms with Crippen LogP contribution in [0.15, 0.2) is 36.9 Å². The van der Waals surface area contributed by atoms with Gasteiger partial charge in [-0.2, -0.15) is 0 Å². The summed E-state index contributed by atoms with van der Waals surface area (Å²) in [6.07, 6.45) is 7.83. The van der Waals surface area contributed by atoms with Gasteiger partial charge >= 0.3 is 0 Å². The highest BCUT2D eigenvalue weighted by molar-refractivity contribution is 5.27. The molecule has 0 aromatic heterocycles. The van der Waals surface area contributed by atoms with Crippen LogP contribution in [-0.4, -0.2) is 39.8 Å². The van der Waals surface area contributed by atoms with Crippen LogP contribution >= 0.6 is 0 Å². The Morgan fingerprint density at radius 1 is 1.08 bits per heavy atom. The summed E-state index contributed by atoms with van der Waals surface area (Å²) in [5.41, 5.74) is 1.36. The molecule has 1 aromatic carbocycles. The van der Waals surface area contributed by atoms with Crippen LogP contribution in [0.3, 0.4) is 0 Å². The quantitative estimate of drug-likeness (QED) is 0.271. The van der Waals surface area contributed by atoms with Crippen LogP contribution in [0, 0.1) is 0 Å². The number of aryl methyl sites for hydroxylation is 1. The molecule has 0 bridgehead atoms. The van der Waals surface area contributed by atoms with Crippen LogP contribution in [-0.2, 0) is 20.6 Å². The second-order valence-electron chi connectivity index (χ2n) is 5.79. The van der Waals surface area contributed by atoms with Gasteiger partial charge in [-0.15, -0.1) is 6.58 Å². The topological polar surface area (TPSA) is 36.9 Å². The maximum absolute atomic E-state index is 5.81. The molecule has 1 aromatic rings. The number of methoxy groups -OCH3 is 1. The predicted octanol–water partition coefficient (Wildman–Crippen LogP) is 4.38. The van der Waals surface area contributed by atoms with Crippen LogP contribution in [0.25, 0.3) is 0 Å². The van der Waals surface area contributed by atoms with E-state index in [1.165, 1.54) is 31.2 Å². The number of benzene rings is 1. The number of hydrogen-bond donors (Lipinski definition) is 0. The second-order valence-corrected chi connectivity index (χ2v) is 5.79. The molecule has 1 atom stereocenters. The van der Waals surface area contributed by atoms with Crippen LogP contribution in [0.1, 0.15) is 38.2 Å². The zero-order valence-corrected chi connectivity index (χ0v) is 15.2. The lowest BCUT2D eigenvalue weighted by Crippen LogP contribution is -2.28. The van der Waals surface area contributed by atoms with Gasteiger partial charge in [-0.1, -0.05) is 44.4 Å². The van der Waals surface area contributed by atoms with E-state index in [2.05, 4.69) is 25.6 Å². The fraction of sp³-hybridized carbons (Fsp3) is 0.600. The molecule has 0 saturated heterocycles. The maximum Gasteiger partial charge on any atom is 0.147 e. The number of ether oxygens (including phenoxy) is 4. The Morgan fingerprint density at radius 3 is 2.54 bits per heavy atom. The Morgan fingerprint density at radius 2 is 1.88 bits per heavy atom. The van der Waals surface area contributed by atoms with E-state index in [-0.39, 0.29) is 12.9 Å². The molecule has 4 heteroatoms. The van der Waals surface area contributed by atoms with E-state index < -0.39 is 0 Å². The molecule has 0 amide bonds. The Kier molecular flexibility index (Phi) is 12.1. The van der Waals surface area contributed by atoms with Gasteiger partial charge in [-0.25, -0.2) is 0 Å². The molecule has 136 valence electrons. The summed E-state index contributed by atoms with van der Waals surface area (Å²) in [6, 6.07) is 8.32. The summed E-state index contributed by atoms with van der Waals surface area (Å²) in [7, 11) is 1.60. The van der Waals surface area contributed by atoms with Crippen molar-refractivity contribution in [1.29, 1.82) is 0 Å². The van der Waals surface area contributed by atoms with Crippen molar-refractivity contribution < 1.29 is 18.9 Å². The molecule has 0 heterocycles. The predicted molar refractivity (Wildman–Crippen MR) is 97.5 cm³/mol. The van der Waals surface area contributed by atoms with Crippen molar-refractivity contribution in [1.82, 2.24) is 0 Å². The molecule has 0 saturated carbocycles. The molecule has 1 rings (SSSR count). The highest BCUT2D eigenvalue weighted by Gasteiger charge is 2.10. The normalized spacial score (nSPS) is 12.1. The summed E-state index contributed by atoms with van der Waals surface area (Å²) in [5.74, 6) is 0.849. The number of rotatable bonds is 15. The van der Waals surface area contributed by atoms with Crippen molar-refractivity contribution in [3.8, 4) is 5.75 Å². The Labute approximate surface area is 146 Å². The van der Waals surface area contributed by atoms with E-state index >= 15 is 0 Å². The van der Waals surface area contributed by atoms with Crippen molar-refractivity contribution in [2.45, 2.75) is 45.1 Å². The van der Waals surface area contributed by atoms with Crippen LogP contribution in [0.5, 0.6) is 5.75 Å². The Bertz CT molecular complexity index is 416. The van der Waals surface area contributed by atoms with Crippen LogP contribution in [0.4, 0.5) is 0 Å². The Balaban J connectivity index is 2.35. The molecule has 0 radical (unpaired) electrons. The highest BCUT2D eigenvalue weighted by Crippen LogP contribution is 2.15. The molecule has 0 aliphatic carbocycles. The zero-order valence-electron chi connectivity index (χ0n) is 15.2. The largest absolute Gasteiger partial charge is 0.491 e. The van der Waals surface area contributed by atoms with Gasteiger partial charge in [0, 0.05) is 7.11 Å². The minimum Gasteiger partial charge on any atom is -0.491 e. The van der Waals surface area contributed by atoms with E-state index in [0.29, 0.717) is 19.8 Å². The third kappa shape index (κ3) is 9.71. The van der Waals surface area contributed by atoms with Gasteiger partial charge in [0.15, 0.2) is 0 Å². The molecule has 0 aliphatic rings. The van der Waals surface area contributed by atoms with Crippen molar-refractivity contribution in [3.05, 3.63) is 42.5 Å². The van der Waals surface area contributed by atoms with Gasteiger partial charge in [0.05, 0.1) is 13.2 Å². The second kappa shape index (κ2) is 14.0. The van der Waals surface area contributed by atoms with Crippen molar-refractivity contribution in [2.24, 2.45) is 0 Å². The molecule has 0 aliphatic heterocycles. The van der Waals surface area contributed by atoms with Gasteiger partial charge in [0.25, 0.3) is 0 Å². The van der Waals surface area contributed by atoms with Gasteiger partial charge in [0.1, 0.15) is 25.3 Å². The fourth-order valence-electron chi connectivity index (χ4n) is 2.29. The molecule has 24 heavy (non-hydrogen) atoms. The third-order valence-electron chi connectivity index (χ3n) is 3.64. The maximum atomic E-state index is 5.81. The van der Waals surface area contributed by atoms with E-state index in [4.69, 9.17) is 18.9 Å². The fourth-order valence-corrected chi connectivity index (χ4v) is 2.29. The van der Waals surface area contributed by atoms with Crippen LogP contribution in [0.2, 0.25) is 0 Å². The zero-order chi connectivity index (χ0) is 17.5. The van der Waals surface area contributed by atoms with Gasteiger partial charge in [-0.05, 0) is 30.5 Å². The highest BCUT2D eigenvalue weighted by atomic mass is 16.7. The lowest BCUT2D eigenvalue weighted by Gasteiger charge is -2.18. The molecular weight excluding hydrogens is 304 g/mol. The first-order chi connectivity index (χ1) is 11.8. The van der Waals surface area contributed by atoms with Crippen LogP contribution < -0.4 is 4.74 Å². The number of hydrogen-bond acceptors (Lipinski definition) is 4. The van der Waals surface area contributed by atoms with Crippen molar-refractivity contribution >= 4 is 0 Å². The summed E-state index contributed by atoms with van der Waals surface area (Å²) >= 11 is 0. The molecule has 4 nitrogen and oxygen atoms in total. The molecule has 0 spiro atoms. The third-order valence-corrected chi connectivity index (χ3v) is 3.64. The average molecular weight is 336 g/mol. The first kappa shape index (κ1) is 20.7. The lowest BCUT2D eigenvalue weighted by molar-refractivity contribution is -0.106. The van der Waals surface area contributed by atoms with E-state index in [9.17, 15) is 0 Å². The van der Waals surface area contributed by atoms with Gasteiger partial charge < -0.3 is 18.9 Å². The average Bonchev–Trinajstić information content (AvgIpc) is 2.62. The standard InChI is InChI=1S/C20H32O4/c1-4-6-7-8-9-18-10-12-19(13-11-18)23-16-20(24-17-21-3)15-22-14-5-2/h5,10-13,20H,2,4,6-9,14-17H2,1,3H3. The first-order valence-corrected chi connectivity index (χ1v) is 8.81. The molecular formula is C20H32O4. The van der Waals surface area contributed by atoms with Crippen molar-refractivity contribution in [3.63, 3.8) is 0 Å². The molecule has 1 unspecified atom stereocenters. The lowest BCUT2D eigenvalue weighted by atomic mass is 10.1. The summed E-state index contributed by atoms with van der Waals surface area (Å²) in [5, 5.41) is 0. The van der Waals surface area contributed by atoms with E-state index in [1.54, 1.807) is 13.2 Å². The number of unbranched alkanes of at least 4 members (excludes halogenated alkanes) is 3. The monoisotopic (exact) mass is 336 g/mol. The first-order valence-electron chi connectivity index (χ1n) is 8.81. The smallest absolute Gasteiger partial charge is 0.147 e. The van der Waals surface area contributed by atoms with Gasteiger partial charge in [0.2, 0.25) is 0 Å². The minimum atomic E-state index is -0.168. The summed E-state index contributed by atoms with van der Waals surface area (Å²) in [6.45, 7) is 7.47. The molecule has 0 N–H and O–H groups in total. The van der Waals surface area contributed by atoms with Gasteiger partial charge in [-0.3, -0.25) is 0 Å². The summed E-state index contributed by atoms with van der Waals surface area (Å²) in [4.78, 5) is 0. The SMILES string of the molecule is C=CCOCC(COc1ccc(CCCCCC)cc1)OCOC. The Hall–Kier alpha value is -1.36. The van der Waals surface area contributed by atoms with E-state index in [0.717, 1.165) is 12.2 Å². The van der Waals surface area contributed by atoms with Crippen molar-refractivity contribution in [2.75, 3.05) is 33.7 Å². The molecule has 0 fully saturated rings. The van der Waals surface area contributed by atoms with E-state index in [1.807, 2.05) is 12.1 Å². The minimum absolute atomic E-state index is 0.168. The summed E-state index contributed by atoms with van der Waals surface area (Å²) < 4.78 is 21.7.